The van der Waals surface area contributed by atoms with E-state index in [1.54, 1.807) is 12.7 Å². The summed E-state index contributed by atoms with van der Waals surface area (Å²) >= 11 is 0. The fourth-order valence-corrected chi connectivity index (χ4v) is 3.22. The zero-order valence-corrected chi connectivity index (χ0v) is 12.7. The molecule has 0 aliphatic carbocycles. The van der Waals surface area contributed by atoms with E-state index in [1.807, 2.05) is 4.57 Å². The van der Waals surface area contributed by atoms with Crippen LogP contribution in [0.4, 0.5) is 5.82 Å². The minimum absolute atomic E-state index is 0.0479. The molecule has 2 aliphatic rings. The Morgan fingerprint density at radius 2 is 2.23 bits per heavy atom. The van der Waals surface area contributed by atoms with Gasteiger partial charge in [-0.05, 0) is 32.6 Å². The lowest BCUT2D eigenvalue weighted by Gasteiger charge is -2.13. The minimum Gasteiger partial charge on any atom is -0.373 e. The molecule has 2 aromatic rings. The Bertz CT molecular complexity index is 652. The molecule has 0 saturated carbocycles. The van der Waals surface area contributed by atoms with Crippen molar-refractivity contribution < 1.29 is 9.47 Å². The number of aromatic nitrogens is 4. The maximum absolute atomic E-state index is 5.83. The second-order valence-electron chi connectivity index (χ2n) is 6.04. The fraction of sp³-hybridized carbons (Fsp3) is 0.667. The summed E-state index contributed by atoms with van der Waals surface area (Å²) in [6.07, 6.45) is 8.34. The van der Waals surface area contributed by atoms with E-state index in [-0.39, 0.29) is 12.3 Å². The molecule has 7 heteroatoms. The van der Waals surface area contributed by atoms with Crippen molar-refractivity contribution in [3.8, 4) is 0 Å². The smallest absolute Gasteiger partial charge is 0.167 e. The number of hydrogen-bond acceptors (Lipinski definition) is 6. The SMILES string of the molecule is CC1CCC(CNc2ncnc3c2ncn3C2CCCO2)O1. The van der Waals surface area contributed by atoms with Crippen molar-refractivity contribution in [2.24, 2.45) is 0 Å². The van der Waals surface area contributed by atoms with Gasteiger partial charge in [0.05, 0.1) is 18.5 Å². The number of ether oxygens (including phenoxy) is 2. The van der Waals surface area contributed by atoms with E-state index in [1.165, 1.54) is 0 Å². The highest BCUT2D eigenvalue weighted by atomic mass is 16.5. The second-order valence-corrected chi connectivity index (χ2v) is 6.04. The van der Waals surface area contributed by atoms with Crippen molar-refractivity contribution >= 4 is 17.0 Å². The molecule has 4 rings (SSSR count). The first-order chi connectivity index (χ1) is 10.8. The first-order valence-corrected chi connectivity index (χ1v) is 8.00. The molecule has 2 aromatic heterocycles. The highest BCUT2D eigenvalue weighted by Crippen LogP contribution is 2.28. The van der Waals surface area contributed by atoms with Crippen LogP contribution in [0.15, 0.2) is 12.7 Å². The van der Waals surface area contributed by atoms with Gasteiger partial charge in [-0.25, -0.2) is 15.0 Å². The van der Waals surface area contributed by atoms with E-state index in [0.717, 1.165) is 55.8 Å². The Labute approximate surface area is 129 Å². The summed E-state index contributed by atoms with van der Waals surface area (Å²) in [7, 11) is 0. The molecule has 3 unspecified atom stereocenters. The molecule has 2 fully saturated rings. The van der Waals surface area contributed by atoms with Crippen LogP contribution >= 0.6 is 0 Å². The highest BCUT2D eigenvalue weighted by Gasteiger charge is 2.23. The van der Waals surface area contributed by atoms with Crippen LogP contribution < -0.4 is 5.32 Å². The molecule has 1 N–H and O–H groups in total. The Morgan fingerprint density at radius 1 is 1.27 bits per heavy atom. The predicted octanol–water partition coefficient (Wildman–Crippen LogP) is 2.11. The molecule has 4 heterocycles. The number of nitrogens with zero attached hydrogens (tertiary/aromatic N) is 4. The molecule has 2 aliphatic heterocycles. The van der Waals surface area contributed by atoms with E-state index < -0.39 is 0 Å². The summed E-state index contributed by atoms with van der Waals surface area (Å²) in [5, 5.41) is 3.36. The van der Waals surface area contributed by atoms with Gasteiger partial charge in [-0.1, -0.05) is 0 Å². The summed E-state index contributed by atoms with van der Waals surface area (Å²) in [4.78, 5) is 13.2. The van der Waals surface area contributed by atoms with Crippen LogP contribution in [0.1, 0.15) is 38.8 Å². The molecule has 0 aromatic carbocycles. The molecule has 7 nitrogen and oxygen atoms in total. The number of anilines is 1. The van der Waals surface area contributed by atoms with E-state index in [2.05, 4.69) is 27.2 Å². The van der Waals surface area contributed by atoms with Crippen LogP contribution in [0.2, 0.25) is 0 Å². The number of nitrogens with one attached hydrogen (secondary N) is 1. The van der Waals surface area contributed by atoms with Crippen molar-refractivity contribution in [1.29, 1.82) is 0 Å². The van der Waals surface area contributed by atoms with Crippen LogP contribution in [-0.2, 0) is 9.47 Å². The normalized spacial score (nSPS) is 28.5. The molecule has 0 spiro atoms. The zero-order chi connectivity index (χ0) is 14.9. The van der Waals surface area contributed by atoms with Gasteiger partial charge < -0.3 is 14.8 Å². The third-order valence-electron chi connectivity index (χ3n) is 4.39. The van der Waals surface area contributed by atoms with Crippen molar-refractivity contribution in [3.63, 3.8) is 0 Å². The summed E-state index contributed by atoms with van der Waals surface area (Å²) in [5.41, 5.74) is 1.62. The van der Waals surface area contributed by atoms with Crippen molar-refractivity contribution in [2.45, 2.75) is 51.0 Å². The Morgan fingerprint density at radius 3 is 3.00 bits per heavy atom. The lowest BCUT2D eigenvalue weighted by Crippen LogP contribution is -2.20. The number of hydrogen-bond donors (Lipinski definition) is 1. The Balaban J connectivity index is 1.53. The monoisotopic (exact) mass is 303 g/mol. The first kappa shape index (κ1) is 13.9. The Kier molecular flexibility index (Phi) is 3.67. The topological polar surface area (TPSA) is 74.1 Å². The van der Waals surface area contributed by atoms with Crippen molar-refractivity contribution in [2.75, 3.05) is 18.5 Å². The van der Waals surface area contributed by atoms with Gasteiger partial charge in [0, 0.05) is 13.2 Å². The number of imidazole rings is 1. The maximum atomic E-state index is 5.83. The zero-order valence-electron chi connectivity index (χ0n) is 12.7. The number of rotatable bonds is 4. The molecule has 2 saturated heterocycles. The summed E-state index contributed by atoms with van der Waals surface area (Å²) in [5.74, 6) is 0.768. The van der Waals surface area contributed by atoms with Gasteiger partial charge in [0.15, 0.2) is 17.0 Å². The molecular formula is C15H21N5O2. The molecular weight excluding hydrogens is 282 g/mol. The van der Waals surface area contributed by atoms with E-state index in [9.17, 15) is 0 Å². The average molecular weight is 303 g/mol. The fourth-order valence-electron chi connectivity index (χ4n) is 3.22. The van der Waals surface area contributed by atoms with Crippen LogP contribution in [0.3, 0.4) is 0 Å². The summed E-state index contributed by atoms with van der Waals surface area (Å²) in [6, 6.07) is 0. The van der Waals surface area contributed by atoms with E-state index in [0.29, 0.717) is 6.10 Å². The average Bonchev–Trinajstić information content (AvgIpc) is 3.24. The van der Waals surface area contributed by atoms with Gasteiger partial charge in [-0.15, -0.1) is 0 Å². The van der Waals surface area contributed by atoms with Crippen LogP contribution in [0.25, 0.3) is 11.2 Å². The van der Waals surface area contributed by atoms with Gasteiger partial charge >= 0.3 is 0 Å². The van der Waals surface area contributed by atoms with Crippen molar-refractivity contribution in [1.82, 2.24) is 19.5 Å². The molecule has 118 valence electrons. The first-order valence-electron chi connectivity index (χ1n) is 8.00. The van der Waals surface area contributed by atoms with Gasteiger partial charge in [-0.2, -0.15) is 0 Å². The van der Waals surface area contributed by atoms with E-state index >= 15 is 0 Å². The molecule has 0 bridgehead atoms. The highest BCUT2D eigenvalue weighted by molar-refractivity contribution is 5.82. The molecule has 22 heavy (non-hydrogen) atoms. The lowest BCUT2D eigenvalue weighted by molar-refractivity contribution is 0.0592. The molecule has 0 amide bonds. The largest absolute Gasteiger partial charge is 0.373 e. The van der Waals surface area contributed by atoms with Crippen molar-refractivity contribution in [3.05, 3.63) is 12.7 Å². The van der Waals surface area contributed by atoms with Crippen LogP contribution in [-0.4, -0.2) is 44.9 Å². The lowest BCUT2D eigenvalue weighted by atomic mass is 10.2. The summed E-state index contributed by atoms with van der Waals surface area (Å²) in [6.45, 7) is 3.67. The van der Waals surface area contributed by atoms with Crippen LogP contribution in [0.5, 0.6) is 0 Å². The predicted molar refractivity (Wildman–Crippen MR) is 81.6 cm³/mol. The molecule has 3 atom stereocenters. The van der Waals surface area contributed by atoms with Gasteiger partial charge in [0.25, 0.3) is 0 Å². The second kappa shape index (κ2) is 5.81. The third-order valence-corrected chi connectivity index (χ3v) is 4.39. The van der Waals surface area contributed by atoms with Gasteiger partial charge in [0.2, 0.25) is 0 Å². The Hall–Kier alpha value is -1.73. The standard InChI is InChI=1S/C15H21N5O2/c1-10-4-5-11(22-10)7-16-14-13-15(18-8-17-14)20(9-19-13)12-3-2-6-21-12/h8-12H,2-7H2,1H3,(H,16,17,18). The molecule has 0 radical (unpaired) electrons. The van der Waals surface area contributed by atoms with Gasteiger partial charge in [-0.3, -0.25) is 4.57 Å². The minimum atomic E-state index is 0.0479. The van der Waals surface area contributed by atoms with E-state index in [4.69, 9.17) is 9.47 Å². The maximum Gasteiger partial charge on any atom is 0.167 e. The van der Waals surface area contributed by atoms with Crippen LogP contribution in [0, 0.1) is 0 Å². The summed E-state index contributed by atoms with van der Waals surface area (Å²) < 4.78 is 13.6. The third kappa shape index (κ3) is 2.55. The number of fused-ring (bicyclic) bond motifs is 1. The van der Waals surface area contributed by atoms with Gasteiger partial charge in [0.1, 0.15) is 12.6 Å². The quantitative estimate of drug-likeness (QED) is 0.932.